The molecule has 3 heterocycles. The second-order valence-corrected chi connectivity index (χ2v) is 4.20. The second kappa shape index (κ2) is 3.69. The fourth-order valence-electron chi connectivity index (χ4n) is 2.50. The van der Waals surface area contributed by atoms with Crippen LogP contribution in [-0.2, 0) is 6.61 Å². The first-order valence-corrected chi connectivity index (χ1v) is 5.52. The summed E-state index contributed by atoms with van der Waals surface area (Å²) < 4.78 is 1.55. The highest BCUT2D eigenvalue weighted by atomic mass is 16.4. The Morgan fingerprint density at radius 3 is 1.84 bits per heavy atom. The van der Waals surface area contributed by atoms with Crippen LogP contribution in [0, 0.1) is 0 Å². The van der Waals surface area contributed by atoms with E-state index in [1.165, 1.54) is 6.07 Å². The predicted molar refractivity (Wildman–Crippen MR) is 65.9 cm³/mol. The van der Waals surface area contributed by atoms with E-state index in [4.69, 9.17) is 0 Å². The first kappa shape index (κ1) is 11.5. The molecule has 0 fully saturated rings. The van der Waals surface area contributed by atoms with Gasteiger partial charge in [-0.3, -0.25) is 0 Å². The normalized spacial score (nSPS) is 11.4. The number of carboxylic acids is 2. The van der Waals surface area contributed by atoms with Gasteiger partial charge in [-0.25, -0.2) is 9.59 Å². The standard InChI is InChI=1S/C13H9NO5/c15-5-6-1-2-8-10(12(16)17)11(13(18)19)9-4-3-7(6)14(8)9/h1-4,15H,5H2,(H,16,17)(H,18,19). The fraction of sp³-hybridized carbons (Fsp3) is 0.0769. The van der Waals surface area contributed by atoms with Gasteiger partial charge in [0.15, 0.2) is 0 Å². The summed E-state index contributed by atoms with van der Waals surface area (Å²) in [5.41, 5.74) is 1.42. The molecule has 0 radical (unpaired) electrons. The number of aliphatic hydroxyl groups excluding tert-OH is 1. The molecule has 3 N–H and O–H groups in total. The minimum absolute atomic E-state index is 0.196. The average Bonchev–Trinajstić information content (AvgIpc) is 2.92. The van der Waals surface area contributed by atoms with Gasteiger partial charge in [0.25, 0.3) is 0 Å². The minimum Gasteiger partial charge on any atom is -0.478 e. The van der Waals surface area contributed by atoms with Crippen molar-refractivity contribution in [1.82, 2.24) is 4.40 Å². The summed E-state index contributed by atoms with van der Waals surface area (Å²) in [6.45, 7) is -0.196. The van der Waals surface area contributed by atoms with Crippen LogP contribution >= 0.6 is 0 Å². The number of pyridine rings is 1. The molecule has 0 unspecified atom stereocenters. The maximum Gasteiger partial charge on any atom is 0.338 e. The van der Waals surface area contributed by atoms with Crippen molar-refractivity contribution in [2.45, 2.75) is 6.61 Å². The van der Waals surface area contributed by atoms with Crippen molar-refractivity contribution in [3.63, 3.8) is 0 Å². The van der Waals surface area contributed by atoms with E-state index in [0.29, 0.717) is 22.1 Å². The van der Waals surface area contributed by atoms with Gasteiger partial charge in [0, 0.05) is 5.56 Å². The van der Waals surface area contributed by atoms with Crippen molar-refractivity contribution < 1.29 is 24.9 Å². The predicted octanol–water partition coefficient (Wildman–Crippen LogP) is 1.42. The molecule has 96 valence electrons. The van der Waals surface area contributed by atoms with Crippen molar-refractivity contribution >= 4 is 28.5 Å². The maximum absolute atomic E-state index is 11.3. The van der Waals surface area contributed by atoms with Gasteiger partial charge in [0.05, 0.1) is 23.2 Å². The largest absolute Gasteiger partial charge is 0.478 e. The molecule has 3 aromatic rings. The zero-order chi connectivity index (χ0) is 13.7. The molecular weight excluding hydrogens is 250 g/mol. The number of hydrogen-bond acceptors (Lipinski definition) is 3. The lowest BCUT2D eigenvalue weighted by molar-refractivity contribution is 0.0655. The van der Waals surface area contributed by atoms with Gasteiger partial charge in [0.1, 0.15) is 11.1 Å². The van der Waals surface area contributed by atoms with Crippen LogP contribution < -0.4 is 0 Å². The van der Waals surface area contributed by atoms with Gasteiger partial charge >= 0.3 is 11.9 Å². The first-order valence-electron chi connectivity index (χ1n) is 5.52. The Labute approximate surface area is 106 Å². The Hall–Kier alpha value is -2.60. The average molecular weight is 259 g/mol. The number of aromatic carboxylic acids is 2. The third-order valence-corrected chi connectivity index (χ3v) is 3.25. The van der Waals surface area contributed by atoms with Gasteiger partial charge in [-0.15, -0.1) is 0 Å². The molecule has 19 heavy (non-hydrogen) atoms. The van der Waals surface area contributed by atoms with E-state index in [2.05, 4.69) is 0 Å². The highest BCUT2D eigenvalue weighted by Crippen LogP contribution is 2.31. The first-order chi connectivity index (χ1) is 9.06. The Morgan fingerprint density at radius 1 is 0.895 bits per heavy atom. The van der Waals surface area contributed by atoms with Crippen LogP contribution in [0.2, 0.25) is 0 Å². The lowest BCUT2D eigenvalue weighted by Gasteiger charge is -2.02. The number of rotatable bonds is 3. The number of hydrogen-bond donors (Lipinski definition) is 3. The van der Waals surface area contributed by atoms with E-state index >= 15 is 0 Å². The summed E-state index contributed by atoms with van der Waals surface area (Å²) in [5, 5.41) is 27.7. The number of aromatic nitrogens is 1. The molecule has 6 heteroatoms. The Kier molecular flexibility index (Phi) is 2.23. The summed E-state index contributed by atoms with van der Waals surface area (Å²) in [6.07, 6.45) is 0. The Balaban J connectivity index is 2.57. The second-order valence-electron chi connectivity index (χ2n) is 4.20. The molecule has 0 amide bonds. The van der Waals surface area contributed by atoms with Crippen LogP contribution in [0.1, 0.15) is 26.3 Å². The molecule has 3 rings (SSSR count). The fourth-order valence-corrected chi connectivity index (χ4v) is 2.50. The summed E-state index contributed by atoms with van der Waals surface area (Å²) in [7, 11) is 0. The molecule has 0 aliphatic heterocycles. The highest BCUT2D eigenvalue weighted by molar-refractivity contribution is 6.13. The van der Waals surface area contributed by atoms with E-state index < -0.39 is 11.9 Å². The van der Waals surface area contributed by atoms with E-state index in [1.807, 2.05) is 0 Å². The zero-order valence-electron chi connectivity index (χ0n) is 9.62. The lowest BCUT2D eigenvalue weighted by Crippen LogP contribution is -2.05. The van der Waals surface area contributed by atoms with Crippen LogP contribution in [0.25, 0.3) is 16.6 Å². The molecule has 0 aliphatic carbocycles. The number of carbonyl (C=O) groups is 2. The molecule has 0 spiro atoms. The SMILES string of the molecule is O=C(O)c1c(C(=O)O)c2ccc3c(CO)ccc1n32. The monoisotopic (exact) mass is 259 g/mol. The molecule has 0 aliphatic rings. The lowest BCUT2D eigenvalue weighted by atomic mass is 10.1. The molecule has 3 aromatic heterocycles. The number of carboxylic acid groups (broad SMARTS) is 2. The molecule has 6 nitrogen and oxygen atoms in total. The van der Waals surface area contributed by atoms with Crippen LogP contribution in [-0.4, -0.2) is 31.7 Å². The van der Waals surface area contributed by atoms with Crippen molar-refractivity contribution in [3.8, 4) is 0 Å². The van der Waals surface area contributed by atoms with Gasteiger partial charge in [0.2, 0.25) is 0 Å². The van der Waals surface area contributed by atoms with Gasteiger partial charge in [-0.2, -0.15) is 0 Å². The van der Waals surface area contributed by atoms with E-state index in [1.54, 1.807) is 22.6 Å². The number of aliphatic hydroxyl groups is 1. The molecular formula is C13H9NO5. The van der Waals surface area contributed by atoms with Crippen molar-refractivity contribution in [1.29, 1.82) is 0 Å². The van der Waals surface area contributed by atoms with E-state index in [0.717, 1.165) is 0 Å². The summed E-state index contributed by atoms with van der Waals surface area (Å²) in [6, 6.07) is 6.34. The van der Waals surface area contributed by atoms with Crippen LogP contribution in [0.3, 0.4) is 0 Å². The van der Waals surface area contributed by atoms with Crippen LogP contribution in [0.4, 0.5) is 0 Å². The molecule has 0 aromatic carbocycles. The number of nitrogens with zero attached hydrogens (tertiary/aromatic N) is 1. The third kappa shape index (κ3) is 1.34. The topological polar surface area (TPSA) is 99.2 Å². The molecule has 0 bridgehead atoms. The molecule has 0 saturated carbocycles. The van der Waals surface area contributed by atoms with E-state index in [-0.39, 0.29) is 17.7 Å². The van der Waals surface area contributed by atoms with Crippen molar-refractivity contribution in [2.75, 3.05) is 0 Å². The third-order valence-electron chi connectivity index (χ3n) is 3.25. The summed E-state index contributed by atoms with van der Waals surface area (Å²) >= 11 is 0. The molecule has 0 atom stereocenters. The maximum atomic E-state index is 11.3. The van der Waals surface area contributed by atoms with Crippen LogP contribution in [0.5, 0.6) is 0 Å². The smallest absolute Gasteiger partial charge is 0.338 e. The van der Waals surface area contributed by atoms with Crippen molar-refractivity contribution in [2.24, 2.45) is 0 Å². The van der Waals surface area contributed by atoms with Crippen LogP contribution in [0.15, 0.2) is 24.3 Å². The Bertz CT molecular complexity index is 802. The van der Waals surface area contributed by atoms with E-state index in [9.17, 15) is 24.9 Å². The zero-order valence-corrected chi connectivity index (χ0v) is 9.62. The molecule has 0 saturated heterocycles. The van der Waals surface area contributed by atoms with Gasteiger partial charge < -0.3 is 19.7 Å². The summed E-state index contributed by atoms with van der Waals surface area (Å²) in [5.74, 6) is -2.56. The van der Waals surface area contributed by atoms with Gasteiger partial charge in [-0.05, 0) is 18.2 Å². The Morgan fingerprint density at radius 2 is 1.37 bits per heavy atom. The highest BCUT2D eigenvalue weighted by Gasteiger charge is 2.27. The van der Waals surface area contributed by atoms with Gasteiger partial charge in [-0.1, -0.05) is 6.07 Å². The van der Waals surface area contributed by atoms with Crippen molar-refractivity contribution in [3.05, 3.63) is 41.0 Å². The summed E-state index contributed by atoms with van der Waals surface area (Å²) in [4.78, 5) is 22.6. The minimum atomic E-state index is -1.28. The quantitative estimate of drug-likeness (QED) is 0.660.